The lowest BCUT2D eigenvalue weighted by molar-refractivity contribution is -0.385. The van der Waals surface area contributed by atoms with Crippen molar-refractivity contribution in [2.24, 2.45) is 12.5 Å². The second kappa shape index (κ2) is 3.92. The first-order chi connectivity index (χ1) is 7.25. The predicted molar refractivity (Wildman–Crippen MR) is 55.0 cm³/mol. The molecule has 7 heteroatoms. The van der Waals surface area contributed by atoms with E-state index in [-0.39, 0.29) is 12.1 Å². The van der Waals surface area contributed by atoms with Crippen molar-refractivity contribution in [3.63, 3.8) is 0 Å². The van der Waals surface area contributed by atoms with Gasteiger partial charge in [0.1, 0.15) is 11.9 Å². The lowest BCUT2D eigenvalue weighted by Crippen LogP contribution is -2.27. The van der Waals surface area contributed by atoms with Gasteiger partial charge in [-0.1, -0.05) is 0 Å². The Morgan fingerprint density at radius 2 is 2.25 bits per heavy atom. The largest absolute Gasteiger partial charge is 0.481 e. The molecule has 0 aromatic carbocycles. The Bertz CT molecular complexity index is 436. The van der Waals surface area contributed by atoms with Crippen LogP contribution in [0.25, 0.3) is 0 Å². The fourth-order valence-electron chi connectivity index (χ4n) is 1.30. The third-order valence-electron chi connectivity index (χ3n) is 2.42. The van der Waals surface area contributed by atoms with Crippen LogP contribution >= 0.6 is 0 Å². The summed E-state index contributed by atoms with van der Waals surface area (Å²) in [7, 11) is 1.56. The van der Waals surface area contributed by atoms with Gasteiger partial charge in [-0.15, -0.1) is 0 Å². The topological polar surface area (TPSA) is 98.3 Å². The van der Waals surface area contributed by atoms with E-state index in [1.807, 2.05) is 0 Å². The number of carbonyl (C=O) groups is 1. The van der Waals surface area contributed by atoms with E-state index in [0.29, 0.717) is 5.69 Å². The van der Waals surface area contributed by atoms with Gasteiger partial charge in [0.25, 0.3) is 0 Å². The summed E-state index contributed by atoms with van der Waals surface area (Å²) in [5.74, 6) is -0.997. The van der Waals surface area contributed by atoms with Gasteiger partial charge in [0, 0.05) is 13.5 Å². The highest BCUT2D eigenvalue weighted by Crippen LogP contribution is 2.27. The number of aliphatic carboxylic acids is 1. The molecule has 1 aromatic heterocycles. The van der Waals surface area contributed by atoms with E-state index in [0.717, 1.165) is 6.20 Å². The molecule has 0 amide bonds. The monoisotopic (exact) mass is 227 g/mol. The molecule has 1 aromatic rings. The fourth-order valence-corrected chi connectivity index (χ4v) is 1.30. The van der Waals surface area contributed by atoms with Gasteiger partial charge in [-0.25, -0.2) is 0 Å². The van der Waals surface area contributed by atoms with Crippen LogP contribution in [-0.4, -0.2) is 25.8 Å². The maximum atomic E-state index is 10.9. The summed E-state index contributed by atoms with van der Waals surface area (Å²) in [6.07, 6.45) is 1.20. The van der Waals surface area contributed by atoms with Crippen LogP contribution in [0.5, 0.6) is 0 Å². The average molecular weight is 227 g/mol. The molecule has 0 atom stereocenters. The summed E-state index contributed by atoms with van der Waals surface area (Å²) in [6, 6.07) is 0. The van der Waals surface area contributed by atoms with Gasteiger partial charge in [0.15, 0.2) is 0 Å². The van der Waals surface area contributed by atoms with Crippen molar-refractivity contribution in [3.05, 3.63) is 22.0 Å². The molecule has 0 saturated carbocycles. The van der Waals surface area contributed by atoms with Crippen LogP contribution in [0.15, 0.2) is 6.20 Å². The second-order valence-corrected chi connectivity index (χ2v) is 4.22. The zero-order valence-electron chi connectivity index (χ0n) is 9.30. The van der Waals surface area contributed by atoms with E-state index >= 15 is 0 Å². The summed E-state index contributed by atoms with van der Waals surface area (Å²) >= 11 is 0. The molecule has 16 heavy (non-hydrogen) atoms. The van der Waals surface area contributed by atoms with E-state index < -0.39 is 16.3 Å². The predicted octanol–water partition coefficient (Wildman–Crippen LogP) is 0.982. The Morgan fingerprint density at radius 1 is 1.69 bits per heavy atom. The van der Waals surface area contributed by atoms with Gasteiger partial charge in [-0.2, -0.15) is 5.10 Å². The summed E-state index contributed by atoms with van der Waals surface area (Å²) < 4.78 is 1.34. The van der Waals surface area contributed by atoms with Crippen molar-refractivity contribution in [3.8, 4) is 0 Å². The maximum absolute atomic E-state index is 10.9. The quantitative estimate of drug-likeness (QED) is 0.610. The number of nitro groups is 1. The molecule has 0 bridgehead atoms. The number of nitrogens with zero attached hydrogens (tertiary/aromatic N) is 3. The Labute approximate surface area is 91.8 Å². The fraction of sp³-hybridized carbons (Fsp3) is 0.556. The van der Waals surface area contributed by atoms with Crippen LogP contribution in [0.3, 0.4) is 0 Å². The third-order valence-corrected chi connectivity index (χ3v) is 2.42. The first-order valence-corrected chi connectivity index (χ1v) is 4.64. The summed E-state index contributed by atoms with van der Waals surface area (Å²) in [4.78, 5) is 21.1. The summed E-state index contributed by atoms with van der Waals surface area (Å²) in [6.45, 7) is 3.04. The minimum Gasteiger partial charge on any atom is -0.481 e. The van der Waals surface area contributed by atoms with Gasteiger partial charge < -0.3 is 5.11 Å². The molecule has 0 aliphatic heterocycles. The maximum Gasteiger partial charge on any atom is 0.310 e. The van der Waals surface area contributed by atoms with Crippen molar-refractivity contribution < 1.29 is 14.8 Å². The van der Waals surface area contributed by atoms with Crippen molar-refractivity contribution in [2.75, 3.05) is 0 Å². The average Bonchev–Trinajstić information content (AvgIpc) is 2.47. The lowest BCUT2D eigenvalue weighted by Gasteiger charge is -2.18. The van der Waals surface area contributed by atoms with E-state index in [2.05, 4.69) is 5.10 Å². The van der Waals surface area contributed by atoms with Crippen LogP contribution < -0.4 is 0 Å². The van der Waals surface area contributed by atoms with Crippen molar-refractivity contribution >= 4 is 11.7 Å². The summed E-state index contributed by atoms with van der Waals surface area (Å²) in [5.41, 5.74) is -0.882. The van der Waals surface area contributed by atoms with E-state index in [1.165, 1.54) is 18.5 Å². The van der Waals surface area contributed by atoms with Crippen LogP contribution in [0.2, 0.25) is 0 Å². The standard InChI is InChI=1S/C9H13N3O4/c1-9(2,8(13)14)4-6-7(12(15)16)5-10-11(6)3/h5H,4H2,1-3H3,(H,13,14). The van der Waals surface area contributed by atoms with Gasteiger partial charge in [-0.3, -0.25) is 19.6 Å². The summed E-state index contributed by atoms with van der Waals surface area (Å²) in [5, 5.41) is 23.4. The number of hydrogen-bond acceptors (Lipinski definition) is 4. The number of aryl methyl sites for hydroxylation is 1. The molecule has 0 saturated heterocycles. The first kappa shape index (κ1) is 12.2. The molecule has 1 N–H and O–H groups in total. The van der Waals surface area contributed by atoms with Crippen LogP contribution in [0.4, 0.5) is 5.69 Å². The van der Waals surface area contributed by atoms with Gasteiger partial charge in [0.05, 0.1) is 10.3 Å². The molecule has 0 unspecified atom stereocenters. The zero-order valence-corrected chi connectivity index (χ0v) is 9.30. The van der Waals surface area contributed by atoms with E-state index in [9.17, 15) is 14.9 Å². The second-order valence-electron chi connectivity index (χ2n) is 4.22. The SMILES string of the molecule is Cn1ncc([N+](=O)[O-])c1CC(C)(C)C(=O)O. The highest BCUT2D eigenvalue weighted by Gasteiger charge is 2.32. The molecule has 0 spiro atoms. The molecule has 0 fully saturated rings. The molecule has 1 heterocycles. The zero-order chi connectivity index (χ0) is 12.5. The number of carboxylic acid groups (broad SMARTS) is 1. The van der Waals surface area contributed by atoms with Gasteiger partial charge in [-0.05, 0) is 13.8 Å². The molecular formula is C9H13N3O4. The van der Waals surface area contributed by atoms with Crippen molar-refractivity contribution in [1.82, 2.24) is 9.78 Å². The normalized spacial score (nSPS) is 11.4. The molecule has 7 nitrogen and oxygen atoms in total. The number of aromatic nitrogens is 2. The van der Waals surface area contributed by atoms with Gasteiger partial charge in [0.2, 0.25) is 0 Å². The molecule has 0 radical (unpaired) electrons. The minimum absolute atomic E-state index is 0.0646. The van der Waals surface area contributed by atoms with E-state index in [1.54, 1.807) is 7.05 Å². The number of carboxylic acids is 1. The van der Waals surface area contributed by atoms with Crippen LogP contribution in [-0.2, 0) is 18.3 Å². The number of rotatable bonds is 4. The van der Waals surface area contributed by atoms with Gasteiger partial charge >= 0.3 is 11.7 Å². The highest BCUT2D eigenvalue weighted by atomic mass is 16.6. The highest BCUT2D eigenvalue weighted by molar-refractivity contribution is 5.74. The molecule has 0 aliphatic rings. The van der Waals surface area contributed by atoms with Crippen molar-refractivity contribution in [1.29, 1.82) is 0 Å². The Balaban J connectivity index is 3.10. The van der Waals surface area contributed by atoms with E-state index in [4.69, 9.17) is 5.11 Å². The van der Waals surface area contributed by atoms with Crippen LogP contribution in [0.1, 0.15) is 19.5 Å². The molecule has 88 valence electrons. The molecular weight excluding hydrogens is 214 g/mol. The lowest BCUT2D eigenvalue weighted by atomic mass is 9.87. The Morgan fingerprint density at radius 3 is 2.69 bits per heavy atom. The molecule has 0 aliphatic carbocycles. The molecule has 1 rings (SSSR count). The first-order valence-electron chi connectivity index (χ1n) is 4.64. The number of hydrogen-bond donors (Lipinski definition) is 1. The third kappa shape index (κ3) is 2.18. The Kier molecular flexibility index (Phi) is 2.97. The van der Waals surface area contributed by atoms with Crippen molar-refractivity contribution in [2.45, 2.75) is 20.3 Å². The smallest absolute Gasteiger partial charge is 0.310 e. The Hall–Kier alpha value is -1.92. The minimum atomic E-state index is -1.06. The van der Waals surface area contributed by atoms with Crippen LogP contribution in [0, 0.1) is 15.5 Å².